The van der Waals surface area contributed by atoms with Crippen LogP contribution in [-0.2, 0) is 0 Å². The number of nitrogens with zero attached hydrogens (tertiary/aromatic N) is 1. The van der Waals surface area contributed by atoms with Crippen LogP contribution in [0.5, 0.6) is 0 Å². The van der Waals surface area contributed by atoms with Crippen molar-refractivity contribution in [3.05, 3.63) is 46.1 Å². The number of rotatable bonds is 3. The Balaban J connectivity index is 1.50. The van der Waals surface area contributed by atoms with Crippen LogP contribution in [0, 0.1) is 5.92 Å². The van der Waals surface area contributed by atoms with E-state index in [0.717, 1.165) is 30.9 Å². The van der Waals surface area contributed by atoms with Gasteiger partial charge in [-0.25, -0.2) is 0 Å². The fourth-order valence-electron chi connectivity index (χ4n) is 3.77. The maximum atomic E-state index is 12.6. The van der Waals surface area contributed by atoms with E-state index >= 15 is 0 Å². The maximum Gasteiger partial charge on any atom is 0.267 e. The monoisotopic (exact) mass is 363 g/mol. The lowest BCUT2D eigenvalue weighted by molar-refractivity contribution is 0.0618. The number of aromatic nitrogens is 1. The fourth-order valence-corrected chi connectivity index (χ4v) is 4.17. The van der Waals surface area contributed by atoms with E-state index in [-0.39, 0.29) is 11.9 Å². The van der Waals surface area contributed by atoms with Gasteiger partial charge in [-0.1, -0.05) is 35.3 Å². The number of H-pyrrole nitrogens is 1. The minimum absolute atomic E-state index is 0.0573. The summed E-state index contributed by atoms with van der Waals surface area (Å²) in [6.07, 6.45) is 2.36. The van der Waals surface area contributed by atoms with Gasteiger partial charge in [0.05, 0.1) is 10.0 Å². The number of piperidine rings is 3. The Morgan fingerprint density at radius 2 is 1.96 bits per heavy atom. The van der Waals surface area contributed by atoms with Gasteiger partial charge in [-0.15, -0.1) is 0 Å². The van der Waals surface area contributed by atoms with Crippen molar-refractivity contribution in [1.82, 2.24) is 15.2 Å². The molecule has 126 valence electrons. The summed E-state index contributed by atoms with van der Waals surface area (Å²) in [6.45, 7) is 3.29. The zero-order valence-corrected chi connectivity index (χ0v) is 14.7. The van der Waals surface area contributed by atoms with Crippen LogP contribution >= 0.6 is 23.2 Å². The molecular formula is C18H19Cl2N3O. The highest BCUT2D eigenvalue weighted by Gasteiger charge is 2.35. The Kier molecular flexibility index (Phi) is 4.29. The summed E-state index contributed by atoms with van der Waals surface area (Å²) in [5, 5.41) is 4.18. The van der Waals surface area contributed by atoms with E-state index < -0.39 is 0 Å². The number of fused-ring (bicyclic) bond motifs is 3. The number of amides is 1. The number of hydrogen-bond donors (Lipinski definition) is 2. The largest absolute Gasteiger partial charge is 0.351 e. The lowest BCUT2D eigenvalue weighted by Crippen LogP contribution is -2.57. The highest BCUT2D eigenvalue weighted by molar-refractivity contribution is 6.43. The molecule has 3 fully saturated rings. The summed E-state index contributed by atoms with van der Waals surface area (Å²) < 4.78 is 0. The van der Waals surface area contributed by atoms with Gasteiger partial charge in [0, 0.05) is 23.8 Å². The van der Waals surface area contributed by atoms with Gasteiger partial charge in [-0.3, -0.25) is 4.79 Å². The first-order chi connectivity index (χ1) is 11.6. The number of hydrogen-bond acceptors (Lipinski definition) is 2. The number of carbonyl (C=O) groups is 1. The van der Waals surface area contributed by atoms with Crippen LogP contribution in [0.15, 0.2) is 30.3 Å². The SMILES string of the molecule is O=C(N[C@H]1CN2CCC1CC2)c1ccc(-c2cccc(Cl)c2Cl)[nH]1. The van der Waals surface area contributed by atoms with Gasteiger partial charge >= 0.3 is 0 Å². The summed E-state index contributed by atoms with van der Waals surface area (Å²) in [7, 11) is 0. The summed E-state index contributed by atoms with van der Waals surface area (Å²) in [6, 6.07) is 9.39. The molecule has 24 heavy (non-hydrogen) atoms. The smallest absolute Gasteiger partial charge is 0.267 e. The second kappa shape index (κ2) is 6.43. The predicted molar refractivity (Wildman–Crippen MR) is 96.7 cm³/mol. The summed E-state index contributed by atoms with van der Waals surface area (Å²) in [5.74, 6) is 0.550. The number of aromatic amines is 1. The standard InChI is InChI=1S/C18H19Cl2N3O/c19-13-3-1-2-12(17(13)20)14-4-5-15(21-14)18(24)22-16-10-23-8-6-11(16)7-9-23/h1-5,11,16,21H,6-10H2,(H,22,24)/t16-/m0/s1. The average molecular weight is 364 g/mol. The van der Waals surface area contributed by atoms with Crippen molar-refractivity contribution >= 4 is 29.1 Å². The molecule has 2 N–H and O–H groups in total. The van der Waals surface area contributed by atoms with Crippen LogP contribution in [0.1, 0.15) is 23.3 Å². The molecule has 0 aliphatic carbocycles. The lowest BCUT2D eigenvalue weighted by Gasteiger charge is -2.44. The molecule has 2 aromatic rings. The topological polar surface area (TPSA) is 48.1 Å². The van der Waals surface area contributed by atoms with E-state index in [2.05, 4.69) is 15.2 Å². The third-order valence-corrected chi connectivity index (χ3v) is 5.96. The molecule has 0 radical (unpaired) electrons. The predicted octanol–water partition coefficient (Wildman–Crippen LogP) is 3.81. The molecule has 0 unspecified atom stereocenters. The molecule has 1 aromatic carbocycles. The van der Waals surface area contributed by atoms with E-state index in [4.69, 9.17) is 23.2 Å². The quantitative estimate of drug-likeness (QED) is 0.870. The molecule has 1 amide bonds. The second-order valence-corrected chi connectivity index (χ2v) is 7.39. The van der Waals surface area contributed by atoms with Crippen LogP contribution in [0.2, 0.25) is 10.0 Å². The van der Waals surface area contributed by atoms with Crippen LogP contribution < -0.4 is 5.32 Å². The Morgan fingerprint density at radius 1 is 1.17 bits per heavy atom. The summed E-state index contributed by atoms with van der Waals surface area (Å²) in [4.78, 5) is 18.2. The van der Waals surface area contributed by atoms with Gasteiger partial charge in [-0.05, 0) is 50.0 Å². The normalized spacial score (nSPS) is 25.7. The van der Waals surface area contributed by atoms with Gasteiger partial charge in [0.25, 0.3) is 5.91 Å². The van der Waals surface area contributed by atoms with Gasteiger partial charge in [-0.2, -0.15) is 0 Å². The number of halogens is 2. The third kappa shape index (κ3) is 2.94. The molecule has 3 aliphatic heterocycles. The fraction of sp³-hybridized carbons (Fsp3) is 0.389. The van der Waals surface area contributed by atoms with Gasteiger partial charge in [0.1, 0.15) is 5.69 Å². The summed E-state index contributed by atoms with van der Waals surface area (Å²) >= 11 is 12.3. The first-order valence-electron chi connectivity index (χ1n) is 8.28. The van der Waals surface area contributed by atoms with Crippen molar-refractivity contribution in [3.8, 4) is 11.3 Å². The van der Waals surface area contributed by atoms with E-state index in [1.54, 1.807) is 12.1 Å². The third-order valence-electron chi connectivity index (χ3n) is 5.15. The Bertz CT molecular complexity index is 765. The van der Waals surface area contributed by atoms with Crippen LogP contribution in [0.4, 0.5) is 0 Å². The van der Waals surface area contributed by atoms with Crippen molar-refractivity contribution in [2.75, 3.05) is 19.6 Å². The molecule has 1 aromatic heterocycles. The van der Waals surface area contributed by atoms with Gasteiger partial charge in [0.2, 0.25) is 0 Å². The van der Waals surface area contributed by atoms with Gasteiger partial charge < -0.3 is 15.2 Å². The van der Waals surface area contributed by atoms with Gasteiger partial charge in [0.15, 0.2) is 0 Å². The average Bonchev–Trinajstić information content (AvgIpc) is 3.08. The minimum Gasteiger partial charge on any atom is -0.351 e. The Labute approximate surface area is 151 Å². The van der Waals surface area contributed by atoms with E-state index in [1.807, 2.05) is 18.2 Å². The molecule has 4 nitrogen and oxygen atoms in total. The Hall–Kier alpha value is -1.49. The minimum atomic E-state index is -0.0573. The highest BCUT2D eigenvalue weighted by atomic mass is 35.5. The van der Waals surface area contributed by atoms with E-state index in [9.17, 15) is 4.79 Å². The van der Waals surface area contributed by atoms with Crippen molar-refractivity contribution in [2.45, 2.75) is 18.9 Å². The van der Waals surface area contributed by atoms with Crippen molar-refractivity contribution in [3.63, 3.8) is 0 Å². The van der Waals surface area contributed by atoms with Crippen LogP contribution in [-0.4, -0.2) is 41.5 Å². The van der Waals surface area contributed by atoms with Crippen molar-refractivity contribution in [2.24, 2.45) is 5.92 Å². The zero-order chi connectivity index (χ0) is 16.7. The molecule has 3 saturated heterocycles. The number of nitrogens with one attached hydrogen (secondary N) is 2. The number of carbonyl (C=O) groups excluding carboxylic acids is 1. The molecule has 2 bridgehead atoms. The maximum absolute atomic E-state index is 12.6. The molecule has 4 heterocycles. The first kappa shape index (κ1) is 16.0. The van der Waals surface area contributed by atoms with Crippen LogP contribution in [0.3, 0.4) is 0 Å². The summed E-state index contributed by atoms with van der Waals surface area (Å²) in [5.41, 5.74) is 2.14. The second-order valence-electron chi connectivity index (χ2n) is 6.61. The molecule has 6 heteroatoms. The van der Waals surface area contributed by atoms with Crippen molar-refractivity contribution in [1.29, 1.82) is 0 Å². The molecule has 3 aliphatic rings. The van der Waals surface area contributed by atoms with Crippen molar-refractivity contribution < 1.29 is 4.79 Å². The van der Waals surface area contributed by atoms with Crippen LogP contribution in [0.25, 0.3) is 11.3 Å². The zero-order valence-electron chi connectivity index (χ0n) is 13.2. The molecule has 1 atom stereocenters. The highest BCUT2D eigenvalue weighted by Crippen LogP contribution is 2.33. The first-order valence-corrected chi connectivity index (χ1v) is 9.04. The van der Waals surface area contributed by atoms with E-state index in [0.29, 0.717) is 21.7 Å². The number of benzene rings is 1. The molecule has 5 rings (SSSR count). The lowest BCUT2D eigenvalue weighted by atomic mass is 9.84. The van der Waals surface area contributed by atoms with E-state index in [1.165, 1.54) is 12.8 Å². The molecular weight excluding hydrogens is 345 g/mol. The Morgan fingerprint density at radius 3 is 2.67 bits per heavy atom. The molecule has 0 saturated carbocycles. The molecule has 0 spiro atoms.